The first kappa shape index (κ1) is 12.3. The molecule has 0 bridgehead atoms. The first-order valence-corrected chi connectivity index (χ1v) is 4.64. The molecule has 0 saturated carbocycles. The molecule has 0 aliphatic heterocycles. The van der Waals surface area contributed by atoms with Crippen LogP contribution in [0.25, 0.3) is 0 Å². The number of hydrogen-bond acceptors (Lipinski definition) is 1. The molecule has 12 heavy (non-hydrogen) atoms. The molecule has 1 atom stereocenters. The van der Waals surface area contributed by atoms with Crippen molar-refractivity contribution in [2.24, 2.45) is 0 Å². The third-order valence-corrected chi connectivity index (χ3v) is 2.06. The molecule has 0 N–H and O–H groups in total. The van der Waals surface area contributed by atoms with Gasteiger partial charge in [0.15, 0.2) is 0 Å². The Morgan fingerprint density at radius 2 is 1.67 bits per heavy atom. The normalized spacial score (nSPS) is 20.4. The molecule has 0 aromatic heterocycles. The van der Waals surface area contributed by atoms with Gasteiger partial charge in [0.1, 0.15) is 0 Å². The number of hydrogen-bond donors (Lipinski definition) is 0. The minimum absolute atomic E-state index is 0. The zero-order valence-electron chi connectivity index (χ0n) is 7.59. The van der Waals surface area contributed by atoms with Crippen LogP contribution in [-0.2, 0) is 0 Å². The van der Waals surface area contributed by atoms with Crippen LogP contribution in [0.3, 0.4) is 0 Å². The molecule has 1 aliphatic rings. The summed E-state index contributed by atoms with van der Waals surface area (Å²) in [6.45, 7) is 6.95. The molecule has 1 aliphatic carbocycles. The average molecular weight is 160 g/mol. The van der Waals surface area contributed by atoms with E-state index in [4.69, 9.17) is 0 Å². The van der Waals surface area contributed by atoms with Gasteiger partial charge >= 0.3 is 18.9 Å². The zero-order chi connectivity index (χ0) is 8.10. The van der Waals surface area contributed by atoms with Gasteiger partial charge in [-0.3, -0.25) is 4.90 Å². The van der Waals surface area contributed by atoms with Crippen LogP contribution >= 0.6 is 0 Å². The fraction of sp³-hybridized carbons (Fsp3) is 0.700. The van der Waals surface area contributed by atoms with Crippen LogP contribution in [0.2, 0.25) is 0 Å². The molecule has 0 saturated heterocycles. The Labute approximate surface area is 88.4 Å². The Kier molecular flexibility index (Phi) is 6.94. The molecular formula is C10H19LiN. The van der Waals surface area contributed by atoms with Gasteiger partial charge < -0.3 is 0 Å². The van der Waals surface area contributed by atoms with Crippen LogP contribution < -0.4 is 0 Å². The third-order valence-electron chi connectivity index (χ3n) is 2.06. The summed E-state index contributed by atoms with van der Waals surface area (Å²) in [5.74, 6) is 0. The molecule has 0 spiro atoms. The Hall–Kier alpha value is 0.297. The molecule has 0 fully saturated rings. The fourth-order valence-corrected chi connectivity index (χ4v) is 1.44. The van der Waals surface area contributed by atoms with Gasteiger partial charge in [-0.25, -0.2) is 0 Å². The van der Waals surface area contributed by atoms with Crippen LogP contribution in [0.1, 0.15) is 26.7 Å². The maximum atomic E-state index is 2.53. The van der Waals surface area contributed by atoms with E-state index in [-0.39, 0.29) is 18.9 Å². The summed E-state index contributed by atoms with van der Waals surface area (Å²) in [4.78, 5) is 2.53. The van der Waals surface area contributed by atoms with Gasteiger partial charge in [0, 0.05) is 12.5 Å². The van der Waals surface area contributed by atoms with Crippen molar-refractivity contribution in [2.45, 2.75) is 32.7 Å². The van der Waals surface area contributed by atoms with Gasteiger partial charge in [-0.15, -0.1) is 0 Å². The van der Waals surface area contributed by atoms with E-state index < -0.39 is 0 Å². The van der Waals surface area contributed by atoms with Gasteiger partial charge in [0.2, 0.25) is 0 Å². The van der Waals surface area contributed by atoms with Crippen molar-refractivity contribution >= 4 is 18.9 Å². The second kappa shape index (κ2) is 6.77. The quantitative estimate of drug-likeness (QED) is 0.552. The Bertz CT molecular complexity index is 128. The monoisotopic (exact) mass is 160 g/mol. The van der Waals surface area contributed by atoms with E-state index in [9.17, 15) is 0 Å². The summed E-state index contributed by atoms with van der Waals surface area (Å²) >= 11 is 0. The summed E-state index contributed by atoms with van der Waals surface area (Å²) in [5, 5.41) is 0. The third kappa shape index (κ3) is 3.35. The van der Waals surface area contributed by atoms with Crippen molar-refractivity contribution in [3.8, 4) is 0 Å². The van der Waals surface area contributed by atoms with Gasteiger partial charge in [-0.05, 0) is 25.9 Å². The van der Waals surface area contributed by atoms with Crippen molar-refractivity contribution in [3.63, 3.8) is 0 Å². The Morgan fingerprint density at radius 1 is 1.17 bits per heavy atom. The Morgan fingerprint density at radius 3 is 1.92 bits per heavy atom. The molecule has 0 aromatic carbocycles. The summed E-state index contributed by atoms with van der Waals surface area (Å²) in [6.07, 6.45) is 9.20. The van der Waals surface area contributed by atoms with Crippen LogP contribution in [0.4, 0.5) is 0 Å². The van der Waals surface area contributed by atoms with E-state index in [1.165, 1.54) is 25.9 Å². The molecule has 1 nitrogen and oxygen atoms in total. The minimum atomic E-state index is 0. The average Bonchev–Trinajstić information content (AvgIpc) is 1.85. The zero-order valence-corrected chi connectivity index (χ0v) is 7.59. The van der Waals surface area contributed by atoms with Gasteiger partial charge in [-0.2, -0.15) is 0 Å². The molecule has 65 valence electrons. The second-order valence-corrected chi connectivity index (χ2v) is 3.10. The first-order chi connectivity index (χ1) is 5.38. The summed E-state index contributed by atoms with van der Waals surface area (Å²) in [6, 6.07) is 0.648. The molecule has 1 rings (SSSR count). The molecule has 1 unspecified atom stereocenters. The van der Waals surface area contributed by atoms with E-state index >= 15 is 0 Å². The van der Waals surface area contributed by atoms with Crippen molar-refractivity contribution in [2.75, 3.05) is 13.1 Å². The number of nitrogens with zero attached hydrogens (tertiary/aromatic N) is 1. The van der Waals surface area contributed by atoms with Crippen LogP contribution in [0.5, 0.6) is 0 Å². The SMILES string of the molecule is CCCN(CCC)C1[CH]C=C1.[LiH]. The van der Waals surface area contributed by atoms with Gasteiger partial charge in [-0.1, -0.05) is 26.0 Å². The second-order valence-electron chi connectivity index (χ2n) is 3.10. The van der Waals surface area contributed by atoms with E-state index in [1.54, 1.807) is 0 Å². The molecule has 2 heteroatoms. The van der Waals surface area contributed by atoms with Crippen LogP contribution in [0, 0.1) is 6.42 Å². The molecule has 0 amide bonds. The summed E-state index contributed by atoms with van der Waals surface area (Å²) < 4.78 is 0. The topological polar surface area (TPSA) is 3.24 Å². The molecule has 0 heterocycles. The van der Waals surface area contributed by atoms with Crippen molar-refractivity contribution in [1.29, 1.82) is 0 Å². The standard InChI is InChI=1S/C10H18N.Li.H/c1-3-8-11(9-4-2)10-6-5-7-10;;/h5-7,10H,3-4,8-9H2,1-2H3;;. The molecule has 0 aromatic rings. The number of rotatable bonds is 5. The van der Waals surface area contributed by atoms with Gasteiger partial charge in [0.05, 0.1) is 0 Å². The van der Waals surface area contributed by atoms with Gasteiger partial charge in [0.25, 0.3) is 0 Å². The molecule has 1 radical (unpaired) electrons. The fourth-order valence-electron chi connectivity index (χ4n) is 1.44. The van der Waals surface area contributed by atoms with Crippen LogP contribution in [-0.4, -0.2) is 42.9 Å². The maximum absolute atomic E-state index is 2.53. The predicted molar refractivity (Wildman–Crippen MR) is 56.5 cm³/mol. The van der Waals surface area contributed by atoms with E-state index in [0.717, 1.165) is 0 Å². The van der Waals surface area contributed by atoms with E-state index in [0.29, 0.717) is 6.04 Å². The predicted octanol–water partition coefficient (Wildman–Crippen LogP) is 1.60. The first-order valence-electron chi connectivity index (χ1n) is 4.64. The molecular weight excluding hydrogens is 141 g/mol. The van der Waals surface area contributed by atoms with Crippen molar-refractivity contribution in [3.05, 3.63) is 18.6 Å². The van der Waals surface area contributed by atoms with Crippen molar-refractivity contribution in [1.82, 2.24) is 4.90 Å². The van der Waals surface area contributed by atoms with Crippen molar-refractivity contribution < 1.29 is 0 Å². The summed E-state index contributed by atoms with van der Waals surface area (Å²) in [7, 11) is 0. The summed E-state index contributed by atoms with van der Waals surface area (Å²) in [5.41, 5.74) is 0. The Balaban J connectivity index is 0.00000121. The van der Waals surface area contributed by atoms with E-state index in [1.807, 2.05) is 0 Å². The van der Waals surface area contributed by atoms with Crippen LogP contribution in [0.15, 0.2) is 12.2 Å². The van der Waals surface area contributed by atoms with E-state index in [2.05, 4.69) is 37.3 Å².